The van der Waals surface area contributed by atoms with Gasteiger partial charge in [-0.25, -0.2) is 9.97 Å². The number of hydrogen-bond donors (Lipinski definition) is 1. The van der Waals surface area contributed by atoms with E-state index in [1.807, 2.05) is 0 Å². The average molecular weight is 251 g/mol. The third kappa shape index (κ3) is 3.86. The molecule has 0 saturated heterocycles. The second-order valence-electron chi connectivity index (χ2n) is 4.85. The molecule has 0 aliphatic heterocycles. The predicted molar refractivity (Wildman–Crippen MR) is 75.1 cm³/mol. The molecule has 18 heavy (non-hydrogen) atoms. The van der Waals surface area contributed by atoms with Crippen molar-refractivity contribution in [1.82, 2.24) is 9.97 Å². The van der Waals surface area contributed by atoms with Gasteiger partial charge in [-0.05, 0) is 26.2 Å². The van der Waals surface area contributed by atoms with Gasteiger partial charge in [-0.3, -0.25) is 0 Å². The minimum absolute atomic E-state index is 0.157. The van der Waals surface area contributed by atoms with E-state index >= 15 is 0 Å². The summed E-state index contributed by atoms with van der Waals surface area (Å²) >= 11 is 0. The Labute approximate surface area is 110 Å². The maximum Gasteiger partial charge on any atom is 0.222 e. The summed E-state index contributed by atoms with van der Waals surface area (Å²) in [7, 11) is 0. The SMILES string of the molecule is CCCc1c(NCC)ncnc1OC(C)C(C)C. The van der Waals surface area contributed by atoms with Crippen molar-refractivity contribution in [1.29, 1.82) is 0 Å². The molecular formula is C14H25N3O. The molecule has 0 bridgehead atoms. The van der Waals surface area contributed by atoms with E-state index in [0.29, 0.717) is 5.92 Å². The van der Waals surface area contributed by atoms with Crippen LogP contribution in [0.25, 0.3) is 0 Å². The van der Waals surface area contributed by atoms with Crippen molar-refractivity contribution in [3.8, 4) is 5.88 Å². The fourth-order valence-corrected chi connectivity index (χ4v) is 1.61. The highest BCUT2D eigenvalue weighted by Gasteiger charge is 2.15. The molecule has 102 valence electrons. The maximum absolute atomic E-state index is 5.96. The molecule has 4 nitrogen and oxygen atoms in total. The quantitative estimate of drug-likeness (QED) is 0.808. The molecule has 1 atom stereocenters. The summed E-state index contributed by atoms with van der Waals surface area (Å²) in [5, 5.41) is 3.27. The number of nitrogens with zero attached hydrogens (tertiary/aromatic N) is 2. The molecule has 1 rings (SSSR count). The third-order valence-corrected chi connectivity index (χ3v) is 2.99. The van der Waals surface area contributed by atoms with E-state index < -0.39 is 0 Å². The fraction of sp³-hybridized carbons (Fsp3) is 0.714. The topological polar surface area (TPSA) is 47.0 Å². The van der Waals surface area contributed by atoms with E-state index in [0.717, 1.165) is 36.6 Å². The number of anilines is 1. The van der Waals surface area contributed by atoms with E-state index in [9.17, 15) is 0 Å². The van der Waals surface area contributed by atoms with Gasteiger partial charge in [0.15, 0.2) is 0 Å². The Morgan fingerprint density at radius 3 is 2.50 bits per heavy atom. The summed E-state index contributed by atoms with van der Waals surface area (Å²) in [6.45, 7) is 11.4. The predicted octanol–water partition coefficient (Wildman–Crippen LogP) is 3.28. The Balaban J connectivity index is 2.97. The van der Waals surface area contributed by atoms with Gasteiger partial charge < -0.3 is 10.1 Å². The van der Waals surface area contributed by atoms with Gasteiger partial charge >= 0.3 is 0 Å². The Hall–Kier alpha value is -1.32. The fourth-order valence-electron chi connectivity index (χ4n) is 1.61. The van der Waals surface area contributed by atoms with Gasteiger partial charge in [0.05, 0.1) is 11.7 Å². The van der Waals surface area contributed by atoms with Crippen LogP contribution in [0, 0.1) is 5.92 Å². The standard InChI is InChI=1S/C14H25N3O/c1-6-8-12-13(15-7-2)16-9-17-14(12)18-11(5)10(3)4/h9-11H,6-8H2,1-5H3,(H,15,16,17). The van der Waals surface area contributed by atoms with Crippen molar-refractivity contribution in [3.63, 3.8) is 0 Å². The maximum atomic E-state index is 5.96. The summed E-state index contributed by atoms with van der Waals surface area (Å²) < 4.78 is 5.96. The van der Waals surface area contributed by atoms with Gasteiger partial charge in [-0.15, -0.1) is 0 Å². The molecule has 0 aliphatic rings. The number of nitrogens with one attached hydrogen (secondary N) is 1. The number of hydrogen-bond acceptors (Lipinski definition) is 4. The van der Waals surface area contributed by atoms with Gasteiger partial charge in [0, 0.05) is 6.54 Å². The first-order valence-corrected chi connectivity index (χ1v) is 6.84. The lowest BCUT2D eigenvalue weighted by Gasteiger charge is -2.20. The van der Waals surface area contributed by atoms with Crippen LogP contribution in [-0.4, -0.2) is 22.6 Å². The van der Waals surface area contributed by atoms with Crippen LogP contribution in [0.4, 0.5) is 5.82 Å². The van der Waals surface area contributed by atoms with Crippen LogP contribution in [0.2, 0.25) is 0 Å². The van der Waals surface area contributed by atoms with Crippen LogP contribution in [-0.2, 0) is 6.42 Å². The Morgan fingerprint density at radius 2 is 1.94 bits per heavy atom. The Kier molecular flexibility index (Phi) is 5.89. The lowest BCUT2D eigenvalue weighted by atomic mass is 10.1. The van der Waals surface area contributed by atoms with Crippen LogP contribution >= 0.6 is 0 Å². The second-order valence-corrected chi connectivity index (χ2v) is 4.85. The van der Waals surface area contributed by atoms with E-state index in [1.165, 1.54) is 0 Å². The smallest absolute Gasteiger partial charge is 0.222 e. The molecule has 1 aromatic heterocycles. The van der Waals surface area contributed by atoms with E-state index in [4.69, 9.17) is 4.74 Å². The number of ether oxygens (including phenoxy) is 1. The molecule has 1 N–H and O–H groups in total. The highest BCUT2D eigenvalue weighted by atomic mass is 16.5. The van der Waals surface area contributed by atoms with Gasteiger partial charge in [0.2, 0.25) is 5.88 Å². The lowest BCUT2D eigenvalue weighted by molar-refractivity contribution is 0.161. The molecule has 0 amide bonds. The first-order valence-electron chi connectivity index (χ1n) is 6.84. The molecule has 0 saturated carbocycles. The van der Waals surface area contributed by atoms with E-state index in [2.05, 4.69) is 49.9 Å². The zero-order valence-electron chi connectivity index (χ0n) is 12.2. The van der Waals surface area contributed by atoms with Crippen molar-refractivity contribution in [2.24, 2.45) is 5.92 Å². The van der Waals surface area contributed by atoms with Crippen molar-refractivity contribution >= 4 is 5.82 Å². The zero-order valence-corrected chi connectivity index (χ0v) is 12.2. The van der Waals surface area contributed by atoms with Crippen LogP contribution in [0.5, 0.6) is 5.88 Å². The molecule has 1 aromatic rings. The third-order valence-electron chi connectivity index (χ3n) is 2.99. The average Bonchev–Trinajstić information content (AvgIpc) is 2.33. The molecule has 1 heterocycles. The molecule has 4 heteroatoms. The molecule has 0 spiro atoms. The van der Waals surface area contributed by atoms with Crippen LogP contribution in [0.15, 0.2) is 6.33 Å². The van der Waals surface area contributed by atoms with Crippen LogP contribution in [0.3, 0.4) is 0 Å². The molecule has 0 aliphatic carbocycles. The van der Waals surface area contributed by atoms with Gasteiger partial charge in [-0.1, -0.05) is 27.2 Å². The molecule has 0 fully saturated rings. The zero-order chi connectivity index (χ0) is 13.5. The number of aromatic nitrogens is 2. The second kappa shape index (κ2) is 7.19. The Morgan fingerprint density at radius 1 is 1.22 bits per heavy atom. The lowest BCUT2D eigenvalue weighted by Crippen LogP contribution is -2.20. The van der Waals surface area contributed by atoms with Crippen molar-refractivity contribution in [3.05, 3.63) is 11.9 Å². The first-order chi connectivity index (χ1) is 8.60. The summed E-state index contributed by atoms with van der Waals surface area (Å²) in [6.07, 6.45) is 3.71. The summed E-state index contributed by atoms with van der Waals surface area (Å²) in [4.78, 5) is 8.59. The van der Waals surface area contributed by atoms with Crippen LogP contribution < -0.4 is 10.1 Å². The summed E-state index contributed by atoms with van der Waals surface area (Å²) in [5.41, 5.74) is 1.09. The largest absolute Gasteiger partial charge is 0.474 e. The Bertz CT molecular complexity index is 366. The molecule has 0 radical (unpaired) electrons. The van der Waals surface area contributed by atoms with E-state index in [-0.39, 0.29) is 6.10 Å². The molecule has 0 aromatic carbocycles. The van der Waals surface area contributed by atoms with Crippen molar-refractivity contribution in [2.45, 2.75) is 53.6 Å². The summed E-state index contributed by atoms with van der Waals surface area (Å²) in [6, 6.07) is 0. The van der Waals surface area contributed by atoms with Crippen molar-refractivity contribution in [2.75, 3.05) is 11.9 Å². The first kappa shape index (κ1) is 14.7. The van der Waals surface area contributed by atoms with Crippen molar-refractivity contribution < 1.29 is 4.74 Å². The van der Waals surface area contributed by atoms with E-state index in [1.54, 1.807) is 6.33 Å². The normalized spacial score (nSPS) is 12.6. The molecular weight excluding hydrogens is 226 g/mol. The highest BCUT2D eigenvalue weighted by molar-refractivity contribution is 5.48. The minimum Gasteiger partial charge on any atom is -0.474 e. The summed E-state index contributed by atoms with van der Waals surface area (Å²) in [5.74, 6) is 2.10. The highest BCUT2D eigenvalue weighted by Crippen LogP contribution is 2.25. The van der Waals surface area contributed by atoms with Gasteiger partial charge in [0.25, 0.3) is 0 Å². The monoisotopic (exact) mass is 251 g/mol. The van der Waals surface area contributed by atoms with Gasteiger partial charge in [-0.2, -0.15) is 0 Å². The minimum atomic E-state index is 0.157. The molecule has 1 unspecified atom stereocenters. The van der Waals surface area contributed by atoms with Gasteiger partial charge in [0.1, 0.15) is 12.1 Å². The number of rotatable bonds is 7. The van der Waals surface area contributed by atoms with Crippen LogP contribution in [0.1, 0.15) is 46.6 Å².